The van der Waals surface area contributed by atoms with Crippen LogP contribution in [0.25, 0.3) is 10.9 Å². The Kier molecular flexibility index (Phi) is 3.80. The molecule has 7 heteroatoms. The van der Waals surface area contributed by atoms with Gasteiger partial charge in [-0.25, -0.2) is 0 Å². The first-order valence-corrected chi connectivity index (χ1v) is 8.31. The number of nitrogens with zero attached hydrogens (tertiary/aromatic N) is 3. The topological polar surface area (TPSA) is 84.2 Å². The Morgan fingerprint density at radius 1 is 1.24 bits per heavy atom. The quantitative estimate of drug-likeness (QED) is 0.775. The van der Waals surface area contributed by atoms with Crippen LogP contribution >= 0.6 is 0 Å². The van der Waals surface area contributed by atoms with Crippen molar-refractivity contribution < 1.29 is 13.9 Å². The highest BCUT2D eigenvalue weighted by molar-refractivity contribution is 5.99. The average Bonchev–Trinajstić information content (AvgIpc) is 3.20. The van der Waals surface area contributed by atoms with Crippen molar-refractivity contribution in [2.24, 2.45) is 0 Å². The number of fused-ring (bicyclic) bond motifs is 1. The molecular weight excluding hydrogens is 320 g/mol. The van der Waals surface area contributed by atoms with Crippen LogP contribution in [0.2, 0.25) is 0 Å². The molecule has 7 nitrogen and oxygen atoms in total. The first kappa shape index (κ1) is 15.8. The smallest absolute Gasteiger partial charge is 0.271 e. The Hall–Kier alpha value is -2.67. The highest BCUT2D eigenvalue weighted by Gasteiger charge is 2.33. The van der Waals surface area contributed by atoms with Crippen LogP contribution in [0.15, 0.2) is 22.6 Å². The van der Waals surface area contributed by atoms with Crippen molar-refractivity contribution in [3.05, 3.63) is 46.8 Å². The number of ether oxygens (including phenoxy) is 1. The number of benzene rings is 1. The fourth-order valence-corrected chi connectivity index (χ4v) is 3.37. The SMILES string of the molecule is Cc1cc(C)c2cc(C(=O)N3CCOC[C@@H]3c3nnc(C)o3)[nH]c2c1. The Morgan fingerprint density at radius 2 is 2.08 bits per heavy atom. The van der Waals surface area contributed by atoms with Crippen molar-refractivity contribution in [1.29, 1.82) is 0 Å². The van der Waals surface area contributed by atoms with Crippen LogP contribution in [0.1, 0.15) is 39.4 Å². The summed E-state index contributed by atoms with van der Waals surface area (Å²) < 4.78 is 11.1. The molecule has 1 atom stereocenters. The van der Waals surface area contributed by atoms with Crippen LogP contribution in [-0.2, 0) is 4.74 Å². The third-order valence-electron chi connectivity index (χ3n) is 4.54. The van der Waals surface area contributed by atoms with Gasteiger partial charge < -0.3 is 19.0 Å². The first-order valence-electron chi connectivity index (χ1n) is 8.31. The second-order valence-electron chi connectivity index (χ2n) is 6.47. The minimum absolute atomic E-state index is 0.0857. The molecule has 4 rings (SSSR count). The fourth-order valence-electron chi connectivity index (χ4n) is 3.37. The number of H-pyrrole nitrogens is 1. The van der Waals surface area contributed by atoms with E-state index in [4.69, 9.17) is 9.15 Å². The zero-order chi connectivity index (χ0) is 17.6. The van der Waals surface area contributed by atoms with Gasteiger partial charge in [0.2, 0.25) is 11.8 Å². The van der Waals surface area contributed by atoms with Gasteiger partial charge in [0, 0.05) is 24.4 Å². The molecule has 0 unspecified atom stereocenters. The third-order valence-corrected chi connectivity index (χ3v) is 4.54. The van der Waals surface area contributed by atoms with Gasteiger partial charge in [-0.15, -0.1) is 10.2 Å². The summed E-state index contributed by atoms with van der Waals surface area (Å²) in [5.74, 6) is 0.802. The number of nitrogens with one attached hydrogen (secondary N) is 1. The molecule has 1 aliphatic rings. The number of aryl methyl sites for hydroxylation is 3. The zero-order valence-corrected chi connectivity index (χ0v) is 14.5. The molecule has 1 amide bonds. The van der Waals surface area contributed by atoms with E-state index in [1.807, 2.05) is 13.0 Å². The largest absolute Gasteiger partial charge is 0.423 e. The van der Waals surface area contributed by atoms with E-state index < -0.39 is 0 Å². The van der Waals surface area contributed by atoms with Crippen molar-refractivity contribution >= 4 is 16.8 Å². The lowest BCUT2D eigenvalue weighted by Gasteiger charge is -2.33. The monoisotopic (exact) mass is 340 g/mol. The molecule has 3 heterocycles. The van der Waals surface area contributed by atoms with Gasteiger partial charge in [0.25, 0.3) is 5.91 Å². The van der Waals surface area contributed by atoms with Gasteiger partial charge in [-0.3, -0.25) is 4.79 Å². The molecule has 0 bridgehead atoms. The maximum Gasteiger partial charge on any atom is 0.271 e. The molecule has 130 valence electrons. The van der Waals surface area contributed by atoms with Crippen molar-refractivity contribution in [1.82, 2.24) is 20.1 Å². The van der Waals surface area contributed by atoms with E-state index in [0.717, 1.165) is 22.0 Å². The summed E-state index contributed by atoms with van der Waals surface area (Å²) in [5.41, 5.74) is 3.85. The van der Waals surface area contributed by atoms with Crippen LogP contribution in [0.4, 0.5) is 0 Å². The van der Waals surface area contributed by atoms with Gasteiger partial charge in [-0.2, -0.15) is 0 Å². The number of carbonyl (C=O) groups excluding carboxylic acids is 1. The Balaban J connectivity index is 1.70. The van der Waals surface area contributed by atoms with Crippen LogP contribution in [0.5, 0.6) is 0 Å². The molecule has 1 aliphatic heterocycles. The molecule has 1 aromatic carbocycles. The lowest BCUT2D eigenvalue weighted by molar-refractivity contribution is -0.0108. The standard InChI is InChI=1S/C18H20N4O3/c1-10-6-11(2)13-8-15(19-14(13)7-10)18(23)22-4-5-24-9-16(22)17-21-20-12(3)25-17/h6-8,16,19H,4-5,9H2,1-3H3/t16-/m1/s1. The number of carbonyl (C=O) groups is 1. The normalized spacial score (nSPS) is 18.0. The van der Waals surface area contributed by atoms with E-state index in [9.17, 15) is 4.79 Å². The zero-order valence-electron chi connectivity index (χ0n) is 14.5. The van der Waals surface area contributed by atoms with Crippen molar-refractivity contribution in [2.45, 2.75) is 26.8 Å². The second-order valence-corrected chi connectivity index (χ2v) is 6.47. The molecule has 2 aromatic heterocycles. The number of hydrogen-bond acceptors (Lipinski definition) is 5. The van der Waals surface area contributed by atoms with E-state index in [1.165, 1.54) is 0 Å². The first-order chi connectivity index (χ1) is 12.0. The molecule has 1 saturated heterocycles. The average molecular weight is 340 g/mol. The number of hydrogen-bond donors (Lipinski definition) is 1. The molecule has 0 saturated carbocycles. The van der Waals surface area contributed by atoms with E-state index in [-0.39, 0.29) is 11.9 Å². The Bertz CT molecular complexity index is 943. The van der Waals surface area contributed by atoms with Crippen molar-refractivity contribution in [3.8, 4) is 0 Å². The molecule has 0 spiro atoms. The maximum absolute atomic E-state index is 13.1. The van der Waals surface area contributed by atoms with E-state index in [2.05, 4.69) is 34.2 Å². The van der Waals surface area contributed by atoms with Gasteiger partial charge in [-0.05, 0) is 37.1 Å². The summed E-state index contributed by atoms with van der Waals surface area (Å²) in [5, 5.41) is 8.99. The molecule has 1 N–H and O–H groups in total. The van der Waals surface area contributed by atoms with E-state index in [0.29, 0.717) is 37.2 Å². The van der Waals surface area contributed by atoms with Gasteiger partial charge >= 0.3 is 0 Å². The van der Waals surface area contributed by atoms with Gasteiger partial charge in [0.1, 0.15) is 11.7 Å². The lowest BCUT2D eigenvalue weighted by atomic mass is 10.1. The summed E-state index contributed by atoms with van der Waals surface area (Å²) in [4.78, 5) is 18.1. The van der Waals surface area contributed by atoms with Crippen LogP contribution in [0, 0.1) is 20.8 Å². The van der Waals surface area contributed by atoms with Crippen molar-refractivity contribution in [3.63, 3.8) is 0 Å². The summed E-state index contributed by atoms with van der Waals surface area (Å²) >= 11 is 0. The van der Waals surface area contributed by atoms with Crippen molar-refractivity contribution in [2.75, 3.05) is 19.8 Å². The number of morpholine rings is 1. The number of aromatic nitrogens is 3. The minimum Gasteiger partial charge on any atom is -0.423 e. The second kappa shape index (κ2) is 6.00. The third kappa shape index (κ3) is 2.80. The Labute approximate surface area is 145 Å². The van der Waals surface area contributed by atoms with Gasteiger partial charge in [-0.1, -0.05) is 6.07 Å². The summed E-state index contributed by atoms with van der Waals surface area (Å²) in [6, 6.07) is 5.72. The summed E-state index contributed by atoms with van der Waals surface area (Å²) in [6.07, 6.45) is 0. The lowest BCUT2D eigenvalue weighted by Crippen LogP contribution is -2.43. The number of amides is 1. The molecule has 0 radical (unpaired) electrons. The fraction of sp³-hybridized carbons (Fsp3) is 0.389. The van der Waals surface area contributed by atoms with Gasteiger partial charge in [0.05, 0.1) is 13.2 Å². The molecular formula is C18H20N4O3. The van der Waals surface area contributed by atoms with E-state index in [1.54, 1.807) is 11.8 Å². The summed E-state index contributed by atoms with van der Waals surface area (Å²) in [7, 11) is 0. The molecule has 0 aliphatic carbocycles. The maximum atomic E-state index is 13.1. The highest BCUT2D eigenvalue weighted by Crippen LogP contribution is 2.27. The minimum atomic E-state index is -0.364. The highest BCUT2D eigenvalue weighted by atomic mass is 16.5. The van der Waals surface area contributed by atoms with Crippen LogP contribution in [-0.4, -0.2) is 45.7 Å². The van der Waals surface area contributed by atoms with Crippen LogP contribution < -0.4 is 0 Å². The molecule has 3 aromatic rings. The number of rotatable bonds is 2. The van der Waals surface area contributed by atoms with Crippen LogP contribution in [0.3, 0.4) is 0 Å². The summed E-state index contributed by atoms with van der Waals surface area (Å²) in [6.45, 7) is 7.16. The Morgan fingerprint density at radius 3 is 2.84 bits per heavy atom. The van der Waals surface area contributed by atoms with E-state index >= 15 is 0 Å². The van der Waals surface area contributed by atoms with Gasteiger partial charge in [0.15, 0.2) is 0 Å². The molecule has 1 fully saturated rings. The predicted molar refractivity (Wildman–Crippen MR) is 91.4 cm³/mol. The predicted octanol–water partition coefficient (Wildman–Crippen LogP) is 2.69. The molecule has 25 heavy (non-hydrogen) atoms. The number of aromatic amines is 1.